The fraction of sp³-hybridized carbons (Fsp3) is 0.487. The number of ether oxygens (including phenoxy) is 5. The molecule has 1 unspecified atom stereocenters. The lowest BCUT2D eigenvalue weighted by atomic mass is 9.97. The van der Waals surface area contributed by atoms with E-state index in [4.69, 9.17) is 52.6 Å². The number of hydrogen-bond donors (Lipinski definition) is 1. The van der Waals surface area contributed by atoms with Gasteiger partial charge in [-0.05, 0) is 97.7 Å². The Hall–Kier alpha value is -3.54. The number of methoxy groups -OCH3 is 1. The van der Waals surface area contributed by atoms with Crippen LogP contribution in [0.4, 0.5) is 0 Å². The Kier molecular flexibility index (Phi) is 14.7. The molecule has 51 heavy (non-hydrogen) atoms. The van der Waals surface area contributed by atoms with Crippen LogP contribution in [0.5, 0.6) is 17.2 Å². The predicted molar refractivity (Wildman–Crippen MR) is 198 cm³/mol. The second-order valence-corrected chi connectivity index (χ2v) is 13.9. The molecule has 276 valence electrons. The quantitative estimate of drug-likeness (QED) is 0.152. The first-order valence-electron chi connectivity index (χ1n) is 17.6. The number of benzene rings is 3. The van der Waals surface area contributed by atoms with Crippen LogP contribution >= 0.6 is 23.2 Å². The molecule has 1 aliphatic carbocycles. The number of carbonyl (C=O) groups excluding carboxylic acids is 2. The summed E-state index contributed by atoms with van der Waals surface area (Å²) in [6, 6.07) is 17.5. The van der Waals surface area contributed by atoms with Gasteiger partial charge in [-0.2, -0.15) is 0 Å². The van der Waals surface area contributed by atoms with Gasteiger partial charge in [0.1, 0.15) is 24.7 Å². The summed E-state index contributed by atoms with van der Waals surface area (Å²) < 4.78 is 28.3. The zero-order valence-corrected chi connectivity index (χ0v) is 31.1. The van der Waals surface area contributed by atoms with Crippen LogP contribution in [-0.2, 0) is 38.4 Å². The molecule has 5 rings (SSSR count). The molecule has 2 amide bonds. The lowest BCUT2D eigenvalue weighted by Crippen LogP contribution is -2.43. The van der Waals surface area contributed by atoms with Gasteiger partial charge >= 0.3 is 0 Å². The third kappa shape index (κ3) is 11.7. The molecule has 1 aliphatic heterocycles. The molecule has 1 heterocycles. The highest BCUT2D eigenvalue weighted by molar-refractivity contribution is 6.37. The van der Waals surface area contributed by atoms with Gasteiger partial charge in [0.05, 0.1) is 29.2 Å². The second-order valence-electron chi connectivity index (χ2n) is 13.1. The van der Waals surface area contributed by atoms with E-state index in [1.807, 2.05) is 48.2 Å². The number of aryl methyl sites for hydroxylation is 2. The van der Waals surface area contributed by atoms with E-state index in [1.165, 1.54) is 0 Å². The number of rotatable bonds is 19. The predicted octanol–water partition coefficient (Wildman–Crippen LogP) is 5.88. The van der Waals surface area contributed by atoms with Crippen LogP contribution in [-0.4, -0.2) is 94.0 Å². The molecule has 1 atom stereocenters. The highest BCUT2D eigenvalue weighted by Gasteiger charge is 2.35. The highest BCUT2D eigenvalue weighted by Crippen LogP contribution is 2.34. The molecular formula is C39H49Cl2N3O7. The number of morpholine rings is 1. The monoisotopic (exact) mass is 741 g/mol. The first-order chi connectivity index (χ1) is 24.7. The van der Waals surface area contributed by atoms with Crippen LogP contribution in [0.25, 0.3) is 0 Å². The first-order valence-corrected chi connectivity index (χ1v) is 18.4. The van der Waals surface area contributed by atoms with Crippen LogP contribution in [0.2, 0.25) is 10.0 Å². The van der Waals surface area contributed by atoms with Crippen molar-refractivity contribution in [2.75, 3.05) is 66.4 Å². The molecule has 0 radical (unpaired) electrons. The van der Waals surface area contributed by atoms with Crippen molar-refractivity contribution in [3.8, 4) is 17.2 Å². The van der Waals surface area contributed by atoms with Crippen molar-refractivity contribution >= 4 is 35.0 Å². The van der Waals surface area contributed by atoms with E-state index in [2.05, 4.69) is 6.07 Å². The molecule has 2 aliphatic rings. The first kappa shape index (κ1) is 38.7. The molecule has 0 bridgehead atoms. The van der Waals surface area contributed by atoms with Crippen LogP contribution < -0.4 is 19.9 Å². The van der Waals surface area contributed by atoms with Gasteiger partial charge in [0.25, 0.3) is 5.91 Å². The van der Waals surface area contributed by atoms with Crippen molar-refractivity contribution in [1.29, 1.82) is 0 Å². The minimum absolute atomic E-state index is 0.0423. The zero-order chi connectivity index (χ0) is 36.2. The lowest BCUT2D eigenvalue weighted by molar-refractivity contribution is -0.137. The summed E-state index contributed by atoms with van der Waals surface area (Å²) >= 11 is 12.5. The van der Waals surface area contributed by atoms with Gasteiger partial charge in [0.2, 0.25) is 5.91 Å². The molecular weight excluding hydrogens is 693 g/mol. The number of nitrogens with zero attached hydrogens (tertiary/aromatic N) is 2. The zero-order valence-electron chi connectivity index (χ0n) is 29.5. The summed E-state index contributed by atoms with van der Waals surface area (Å²) in [5, 5.41) is 0.929. The van der Waals surface area contributed by atoms with Crippen molar-refractivity contribution in [1.82, 2.24) is 9.80 Å². The number of hydrogen-bond acceptors (Lipinski definition) is 8. The molecule has 2 fully saturated rings. The Morgan fingerprint density at radius 3 is 2.25 bits per heavy atom. The number of nitrogens with two attached hydrogens (primary N) is 1. The molecule has 1 saturated heterocycles. The van der Waals surface area contributed by atoms with E-state index < -0.39 is 0 Å². The summed E-state index contributed by atoms with van der Waals surface area (Å²) in [5.74, 6) is 1.36. The van der Waals surface area contributed by atoms with Crippen LogP contribution in [0.1, 0.15) is 41.5 Å². The number of carbonyl (C=O) groups is 2. The normalized spacial score (nSPS) is 15.0. The number of amides is 2. The lowest BCUT2D eigenvalue weighted by Gasteiger charge is -2.28. The van der Waals surface area contributed by atoms with Crippen molar-refractivity contribution in [3.05, 3.63) is 86.9 Å². The summed E-state index contributed by atoms with van der Waals surface area (Å²) in [5.41, 5.74) is 10.2. The average Bonchev–Trinajstić information content (AvgIpc) is 3.97. The minimum Gasteiger partial charge on any atom is -0.490 e. The van der Waals surface area contributed by atoms with Crippen LogP contribution in [0.15, 0.2) is 54.6 Å². The maximum absolute atomic E-state index is 14.0. The van der Waals surface area contributed by atoms with Crippen molar-refractivity contribution < 1.29 is 33.3 Å². The van der Waals surface area contributed by atoms with Crippen molar-refractivity contribution in [2.24, 2.45) is 11.7 Å². The maximum atomic E-state index is 14.0. The fourth-order valence-electron chi connectivity index (χ4n) is 6.13. The fourth-order valence-corrected chi connectivity index (χ4v) is 6.83. The SMILES string of the molecule is COCCCc1cc(CN(C(=O)C(CN)Cc2ccc(OCCOc3c(Cl)cc(C)cc3Cl)cc2)C2CC2)cc(OCC(=O)N2CCOCC2)c1. The van der Waals surface area contributed by atoms with E-state index in [-0.39, 0.29) is 43.5 Å². The number of halogens is 2. The smallest absolute Gasteiger partial charge is 0.260 e. The van der Waals surface area contributed by atoms with Gasteiger partial charge in [-0.3, -0.25) is 9.59 Å². The molecule has 3 aromatic carbocycles. The van der Waals surface area contributed by atoms with E-state index in [0.29, 0.717) is 79.8 Å². The Morgan fingerprint density at radius 1 is 0.902 bits per heavy atom. The maximum Gasteiger partial charge on any atom is 0.260 e. The van der Waals surface area contributed by atoms with E-state index in [9.17, 15) is 9.59 Å². The highest BCUT2D eigenvalue weighted by atomic mass is 35.5. The molecule has 0 aromatic heterocycles. The summed E-state index contributed by atoms with van der Waals surface area (Å²) in [6.45, 7) is 6.00. The Balaban J connectivity index is 1.18. The van der Waals surface area contributed by atoms with E-state index in [1.54, 1.807) is 24.1 Å². The third-order valence-corrected chi connectivity index (χ3v) is 9.53. The van der Waals surface area contributed by atoms with Gasteiger partial charge in [0.15, 0.2) is 12.4 Å². The summed E-state index contributed by atoms with van der Waals surface area (Å²) in [4.78, 5) is 30.6. The second kappa shape index (κ2) is 19.3. The van der Waals surface area contributed by atoms with Gasteiger partial charge < -0.3 is 39.2 Å². The van der Waals surface area contributed by atoms with Crippen molar-refractivity contribution in [2.45, 2.75) is 51.6 Å². The largest absolute Gasteiger partial charge is 0.490 e. The van der Waals surface area contributed by atoms with E-state index >= 15 is 0 Å². The molecule has 2 N–H and O–H groups in total. The molecule has 3 aromatic rings. The third-order valence-electron chi connectivity index (χ3n) is 8.97. The summed E-state index contributed by atoms with van der Waals surface area (Å²) in [7, 11) is 1.69. The van der Waals surface area contributed by atoms with Crippen LogP contribution in [0.3, 0.4) is 0 Å². The van der Waals surface area contributed by atoms with Gasteiger partial charge in [-0.15, -0.1) is 0 Å². The Morgan fingerprint density at radius 2 is 1.59 bits per heavy atom. The topological polar surface area (TPSA) is 113 Å². The van der Waals surface area contributed by atoms with Crippen molar-refractivity contribution in [3.63, 3.8) is 0 Å². The molecule has 12 heteroatoms. The van der Waals surface area contributed by atoms with Crippen LogP contribution in [0, 0.1) is 12.8 Å². The Bertz CT molecular complexity index is 1570. The van der Waals surface area contributed by atoms with E-state index in [0.717, 1.165) is 47.9 Å². The van der Waals surface area contributed by atoms with Gasteiger partial charge in [-0.1, -0.05) is 41.4 Å². The molecule has 1 saturated carbocycles. The average molecular weight is 743 g/mol. The standard InChI is InChI=1S/C39H49Cl2N3O7/c1-27-18-35(40)38(36(41)19-27)50-17-16-49-33-9-5-28(6-10-33)21-31(24-42)39(46)44(32-7-8-32)25-30-20-29(4-3-13-47-2)22-34(23-30)51-26-37(45)43-11-14-48-15-12-43/h5-6,9-10,18-20,22-23,31-32H,3-4,7-8,11-17,21,24-26,42H2,1-2H3. The minimum atomic E-state index is -0.374. The summed E-state index contributed by atoms with van der Waals surface area (Å²) in [6.07, 6.45) is 4.08. The Labute approximate surface area is 311 Å². The van der Waals surface area contributed by atoms with Gasteiger partial charge in [0, 0.05) is 45.9 Å². The molecule has 0 spiro atoms. The molecule has 10 nitrogen and oxygen atoms in total. The van der Waals surface area contributed by atoms with Gasteiger partial charge in [-0.25, -0.2) is 0 Å².